The fourth-order valence-corrected chi connectivity index (χ4v) is 2.39. The Morgan fingerprint density at radius 1 is 1.24 bits per heavy atom. The van der Waals surface area contributed by atoms with Crippen LogP contribution in [0, 0.1) is 5.92 Å². The summed E-state index contributed by atoms with van der Waals surface area (Å²) >= 11 is 0. The molecule has 1 aromatic carbocycles. The quantitative estimate of drug-likeness (QED) is 0.536. The standard InChI is InChI=1S/C12H18O3S.Na/c1-10(2)6-5-8-11-7-3-4-9-12(11)16(13,14)15;/h3-4,7,9-10H,5-6,8H2,1-2H3,(H,13,14,15);/q;+1/p-1. The van der Waals surface area contributed by atoms with Gasteiger partial charge in [-0.05, 0) is 30.4 Å². The predicted octanol–water partition coefficient (Wildman–Crippen LogP) is -0.427. The third-order valence-electron chi connectivity index (χ3n) is 2.47. The van der Waals surface area contributed by atoms with E-state index in [9.17, 15) is 13.0 Å². The van der Waals surface area contributed by atoms with Crippen molar-refractivity contribution in [1.82, 2.24) is 0 Å². The molecule has 1 aromatic rings. The van der Waals surface area contributed by atoms with E-state index < -0.39 is 10.1 Å². The van der Waals surface area contributed by atoms with E-state index in [1.807, 2.05) is 0 Å². The Kier molecular flexibility index (Phi) is 7.60. The molecule has 0 saturated heterocycles. The van der Waals surface area contributed by atoms with Gasteiger partial charge in [0.2, 0.25) is 0 Å². The van der Waals surface area contributed by atoms with Crippen molar-refractivity contribution in [2.24, 2.45) is 5.92 Å². The average molecular weight is 264 g/mol. The van der Waals surface area contributed by atoms with E-state index in [1.165, 1.54) is 6.07 Å². The summed E-state index contributed by atoms with van der Waals surface area (Å²) in [7, 11) is -4.33. The third-order valence-corrected chi connectivity index (χ3v) is 3.41. The second-order valence-corrected chi connectivity index (χ2v) is 5.70. The van der Waals surface area contributed by atoms with Gasteiger partial charge in [-0.1, -0.05) is 38.5 Å². The summed E-state index contributed by atoms with van der Waals surface area (Å²) in [5.41, 5.74) is 0.637. The molecule has 0 saturated carbocycles. The largest absolute Gasteiger partial charge is 1.00 e. The minimum Gasteiger partial charge on any atom is -0.744 e. The maximum Gasteiger partial charge on any atom is 1.00 e. The minimum absolute atomic E-state index is 0. The number of hydrogen-bond donors (Lipinski definition) is 0. The third kappa shape index (κ3) is 6.02. The SMILES string of the molecule is CC(C)CCCc1ccccc1S(=O)(=O)[O-].[Na+]. The van der Waals surface area contributed by atoms with Crippen LogP contribution in [0.4, 0.5) is 0 Å². The summed E-state index contributed by atoms with van der Waals surface area (Å²) in [6.07, 6.45) is 2.59. The number of hydrogen-bond acceptors (Lipinski definition) is 3. The van der Waals surface area contributed by atoms with Crippen LogP contribution in [0.3, 0.4) is 0 Å². The molecule has 0 amide bonds. The number of benzene rings is 1. The molecule has 0 bridgehead atoms. The van der Waals surface area contributed by atoms with Gasteiger partial charge in [-0.2, -0.15) is 0 Å². The zero-order valence-electron chi connectivity index (χ0n) is 10.6. The Balaban J connectivity index is 0.00000256. The summed E-state index contributed by atoms with van der Waals surface area (Å²) < 4.78 is 33.0. The monoisotopic (exact) mass is 264 g/mol. The first kappa shape index (κ1) is 17.1. The van der Waals surface area contributed by atoms with Crippen LogP contribution < -0.4 is 29.6 Å². The summed E-state index contributed by atoms with van der Waals surface area (Å²) in [6, 6.07) is 6.44. The first-order valence-electron chi connectivity index (χ1n) is 5.45. The number of aryl methyl sites for hydroxylation is 1. The van der Waals surface area contributed by atoms with Crippen molar-refractivity contribution in [3.63, 3.8) is 0 Å². The normalized spacial score (nSPS) is 11.3. The molecule has 17 heavy (non-hydrogen) atoms. The first-order valence-corrected chi connectivity index (χ1v) is 6.86. The second kappa shape index (κ2) is 7.54. The van der Waals surface area contributed by atoms with Gasteiger partial charge in [0.15, 0.2) is 0 Å². The molecule has 3 nitrogen and oxygen atoms in total. The van der Waals surface area contributed by atoms with Crippen LogP contribution in [0.15, 0.2) is 29.2 Å². The Bertz CT molecular complexity index is 441. The topological polar surface area (TPSA) is 57.2 Å². The van der Waals surface area contributed by atoms with E-state index in [0.717, 1.165) is 12.8 Å². The molecular formula is C12H17NaO3S. The summed E-state index contributed by atoms with van der Waals surface area (Å²) in [5, 5.41) is 0. The summed E-state index contributed by atoms with van der Waals surface area (Å²) in [5.74, 6) is 0.594. The molecular weight excluding hydrogens is 247 g/mol. The van der Waals surface area contributed by atoms with Gasteiger partial charge in [-0.15, -0.1) is 0 Å². The van der Waals surface area contributed by atoms with Gasteiger partial charge < -0.3 is 4.55 Å². The van der Waals surface area contributed by atoms with Gasteiger partial charge in [0.25, 0.3) is 0 Å². The molecule has 0 fully saturated rings. The van der Waals surface area contributed by atoms with Crippen molar-refractivity contribution in [2.75, 3.05) is 0 Å². The zero-order valence-corrected chi connectivity index (χ0v) is 13.5. The summed E-state index contributed by atoms with van der Waals surface area (Å²) in [6.45, 7) is 4.24. The van der Waals surface area contributed by atoms with Crippen molar-refractivity contribution in [3.8, 4) is 0 Å². The Morgan fingerprint density at radius 3 is 2.35 bits per heavy atom. The van der Waals surface area contributed by atoms with Gasteiger partial charge in [-0.3, -0.25) is 0 Å². The Labute approximate surface area is 126 Å². The van der Waals surface area contributed by atoms with Crippen LogP contribution >= 0.6 is 0 Å². The van der Waals surface area contributed by atoms with Crippen LogP contribution in [-0.4, -0.2) is 13.0 Å². The van der Waals surface area contributed by atoms with Crippen molar-refractivity contribution in [3.05, 3.63) is 29.8 Å². The molecule has 0 aliphatic rings. The van der Waals surface area contributed by atoms with E-state index in [4.69, 9.17) is 0 Å². The molecule has 1 rings (SSSR count). The first-order chi connectivity index (χ1) is 7.41. The van der Waals surface area contributed by atoms with Crippen LogP contribution in [0.5, 0.6) is 0 Å². The van der Waals surface area contributed by atoms with Gasteiger partial charge in [0, 0.05) is 0 Å². The maximum atomic E-state index is 11.0. The zero-order chi connectivity index (χ0) is 12.2. The van der Waals surface area contributed by atoms with Crippen molar-refractivity contribution >= 4 is 10.1 Å². The van der Waals surface area contributed by atoms with E-state index in [1.54, 1.807) is 18.2 Å². The number of rotatable bonds is 5. The van der Waals surface area contributed by atoms with Gasteiger partial charge >= 0.3 is 29.6 Å². The second-order valence-electron chi connectivity index (χ2n) is 4.35. The predicted molar refractivity (Wildman–Crippen MR) is 62.2 cm³/mol. The fourth-order valence-electron chi connectivity index (χ4n) is 1.66. The Morgan fingerprint density at radius 2 is 1.82 bits per heavy atom. The summed E-state index contributed by atoms with van der Waals surface area (Å²) in [4.78, 5) is -0.0706. The average Bonchev–Trinajstić information content (AvgIpc) is 2.16. The molecule has 0 radical (unpaired) electrons. The minimum atomic E-state index is -4.33. The van der Waals surface area contributed by atoms with E-state index in [2.05, 4.69) is 13.8 Å². The van der Waals surface area contributed by atoms with Crippen molar-refractivity contribution < 1.29 is 42.5 Å². The molecule has 0 N–H and O–H groups in total. The molecule has 0 heterocycles. The molecule has 0 atom stereocenters. The molecule has 0 spiro atoms. The van der Waals surface area contributed by atoms with Gasteiger partial charge in [0.05, 0.1) is 4.90 Å². The molecule has 0 aliphatic heterocycles. The maximum absolute atomic E-state index is 11.0. The van der Waals surface area contributed by atoms with Gasteiger partial charge in [-0.25, -0.2) is 8.42 Å². The Hall–Kier alpha value is 0.130. The molecule has 0 aromatic heterocycles. The fraction of sp³-hybridized carbons (Fsp3) is 0.500. The van der Waals surface area contributed by atoms with Gasteiger partial charge in [0.1, 0.15) is 10.1 Å². The van der Waals surface area contributed by atoms with Crippen molar-refractivity contribution in [2.45, 2.75) is 38.0 Å². The van der Waals surface area contributed by atoms with Crippen molar-refractivity contribution in [1.29, 1.82) is 0 Å². The van der Waals surface area contributed by atoms with E-state index in [0.29, 0.717) is 17.9 Å². The van der Waals surface area contributed by atoms with Crippen LogP contribution in [-0.2, 0) is 16.5 Å². The molecule has 0 unspecified atom stereocenters. The van der Waals surface area contributed by atoms with E-state index >= 15 is 0 Å². The van der Waals surface area contributed by atoms with Crippen LogP contribution in [0.1, 0.15) is 32.3 Å². The molecule has 0 aliphatic carbocycles. The van der Waals surface area contributed by atoms with Crippen LogP contribution in [0.2, 0.25) is 0 Å². The smallest absolute Gasteiger partial charge is 0.744 e. The van der Waals surface area contributed by atoms with E-state index in [-0.39, 0.29) is 34.5 Å². The van der Waals surface area contributed by atoms with Crippen LogP contribution in [0.25, 0.3) is 0 Å². The molecule has 5 heteroatoms. The molecule has 90 valence electrons.